The highest BCUT2D eigenvalue weighted by molar-refractivity contribution is 7.92. The van der Waals surface area contributed by atoms with Gasteiger partial charge in [0.15, 0.2) is 0 Å². The van der Waals surface area contributed by atoms with Gasteiger partial charge >= 0.3 is 0 Å². The normalized spacial score (nSPS) is 26.5. The van der Waals surface area contributed by atoms with E-state index in [0.29, 0.717) is 11.7 Å². The zero-order valence-electron chi connectivity index (χ0n) is 13.1. The first-order valence-corrected chi connectivity index (χ1v) is 9.58. The molecule has 1 aromatic rings. The van der Waals surface area contributed by atoms with Gasteiger partial charge in [0.05, 0.1) is 30.8 Å². The van der Waals surface area contributed by atoms with Crippen LogP contribution in [0.5, 0.6) is 0 Å². The molecule has 1 aromatic heterocycles. The first-order valence-electron chi connectivity index (χ1n) is 7.69. The van der Waals surface area contributed by atoms with Gasteiger partial charge in [-0.2, -0.15) is 5.10 Å². The van der Waals surface area contributed by atoms with E-state index in [1.807, 2.05) is 4.68 Å². The van der Waals surface area contributed by atoms with E-state index in [9.17, 15) is 8.42 Å². The van der Waals surface area contributed by atoms with Gasteiger partial charge in [0, 0.05) is 32.4 Å². The molecule has 8 heteroatoms. The molecule has 2 heterocycles. The van der Waals surface area contributed by atoms with Gasteiger partial charge in [0.1, 0.15) is 0 Å². The summed E-state index contributed by atoms with van der Waals surface area (Å²) < 4.78 is 32.2. The zero-order valence-corrected chi connectivity index (χ0v) is 13.9. The number of methoxy groups -OCH3 is 1. The predicted octanol–water partition coefficient (Wildman–Crippen LogP) is 0.926. The van der Waals surface area contributed by atoms with Crippen LogP contribution in [0.3, 0.4) is 0 Å². The molecular formula is C14H24N4O3S. The first-order chi connectivity index (χ1) is 10.4. The zero-order chi connectivity index (χ0) is 15.7. The molecule has 0 bridgehead atoms. The fraction of sp³-hybridized carbons (Fsp3) is 0.786. The van der Waals surface area contributed by atoms with Crippen molar-refractivity contribution in [2.24, 2.45) is 5.92 Å². The number of aromatic nitrogens is 2. The van der Waals surface area contributed by atoms with Gasteiger partial charge in [-0.1, -0.05) is 0 Å². The van der Waals surface area contributed by atoms with E-state index in [4.69, 9.17) is 4.74 Å². The van der Waals surface area contributed by atoms with Crippen LogP contribution in [0.25, 0.3) is 0 Å². The number of nitrogens with zero attached hydrogens (tertiary/aromatic N) is 3. The maximum absolute atomic E-state index is 11.3. The fourth-order valence-electron chi connectivity index (χ4n) is 3.18. The molecule has 0 amide bonds. The summed E-state index contributed by atoms with van der Waals surface area (Å²) in [6.45, 7) is 2.82. The maximum Gasteiger partial charge on any atom is 0.229 e. The molecular weight excluding hydrogens is 304 g/mol. The van der Waals surface area contributed by atoms with Crippen LogP contribution in [0.1, 0.15) is 25.3 Å². The van der Waals surface area contributed by atoms with Gasteiger partial charge in [-0.25, -0.2) is 8.42 Å². The minimum atomic E-state index is -3.26. The van der Waals surface area contributed by atoms with Crippen LogP contribution >= 0.6 is 0 Å². The Labute approximate surface area is 131 Å². The molecule has 0 aromatic carbocycles. The molecule has 0 radical (unpaired) electrons. The summed E-state index contributed by atoms with van der Waals surface area (Å²) in [7, 11) is -1.52. The minimum Gasteiger partial charge on any atom is -0.383 e. The molecule has 0 spiro atoms. The number of ether oxygens (including phenoxy) is 1. The van der Waals surface area contributed by atoms with Crippen molar-refractivity contribution >= 4 is 15.7 Å². The van der Waals surface area contributed by atoms with Gasteiger partial charge in [0.2, 0.25) is 10.0 Å². The van der Waals surface area contributed by atoms with Crippen molar-refractivity contribution in [2.75, 3.05) is 37.8 Å². The molecule has 1 N–H and O–H groups in total. The number of rotatable bonds is 7. The van der Waals surface area contributed by atoms with Crippen molar-refractivity contribution < 1.29 is 13.2 Å². The van der Waals surface area contributed by atoms with Crippen molar-refractivity contribution in [3.63, 3.8) is 0 Å². The van der Waals surface area contributed by atoms with Crippen LogP contribution in [-0.2, 0) is 14.8 Å². The SMILES string of the molecule is COC[C@@H]1C[C@H](n2cc(NS(C)(=O)=O)cn2)CN1CC1CC1. The lowest BCUT2D eigenvalue weighted by Gasteiger charge is -2.23. The monoisotopic (exact) mass is 328 g/mol. The van der Waals surface area contributed by atoms with Crippen molar-refractivity contribution in [1.82, 2.24) is 14.7 Å². The van der Waals surface area contributed by atoms with Crippen LogP contribution < -0.4 is 4.72 Å². The van der Waals surface area contributed by atoms with Crippen molar-refractivity contribution in [3.05, 3.63) is 12.4 Å². The number of hydrogen-bond acceptors (Lipinski definition) is 5. The number of likely N-dealkylation sites (tertiary alicyclic amines) is 1. The summed E-state index contributed by atoms with van der Waals surface area (Å²) in [5, 5.41) is 4.33. The van der Waals surface area contributed by atoms with Crippen LogP contribution in [-0.4, -0.2) is 62.2 Å². The Morgan fingerprint density at radius 2 is 2.23 bits per heavy atom. The molecule has 1 saturated heterocycles. The van der Waals surface area contributed by atoms with Crippen molar-refractivity contribution in [3.8, 4) is 0 Å². The third-order valence-electron chi connectivity index (χ3n) is 4.33. The van der Waals surface area contributed by atoms with Crippen LogP contribution in [0.2, 0.25) is 0 Å². The Morgan fingerprint density at radius 3 is 2.86 bits per heavy atom. The summed E-state index contributed by atoms with van der Waals surface area (Å²) in [6.07, 6.45) is 8.15. The van der Waals surface area contributed by atoms with E-state index in [2.05, 4.69) is 14.7 Å². The summed E-state index contributed by atoms with van der Waals surface area (Å²) in [5.41, 5.74) is 0.520. The Morgan fingerprint density at radius 1 is 1.45 bits per heavy atom. The minimum absolute atomic E-state index is 0.272. The molecule has 1 aliphatic carbocycles. The second-order valence-corrected chi connectivity index (χ2v) is 8.23. The molecule has 22 heavy (non-hydrogen) atoms. The molecule has 2 fully saturated rings. The Balaban J connectivity index is 1.66. The van der Waals surface area contributed by atoms with Crippen molar-refractivity contribution in [1.29, 1.82) is 0 Å². The van der Waals surface area contributed by atoms with E-state index in [0.717, 1.165) is 38.3 Å². The standard InChI is InChI=1S/C14H24N4O3S/c1-21-10-14-5-13(9-17(14)7-11-3-4-11)18-8-12(6-15-18)16-22(2,19)20/h6,8,11,13-14,16H,3-5,7,9-10H2,1-2H3/t13-,14-/m0/s1. The molecule has 124 valence electrons. The Kier molecular flexibility index (Phi) is 4.42. The molecule has 0 unspecified atom stereocenters. The highest BCUT2D eigenvalue weighted by Gasteiger charge is 2.36. The highest BCUT2D eigenvalue weighted by Crippen LogP contribution is 2.35. The summed E-state index contributed by atoms with van der Waals surface area (Å²) in [4.78, 5) is 2.50. The van der Waals surface area contributed by atoms with Gasteiger partial charge in [0.25, 0.3) is 0 Å². The van der Waals surface area contributed by atoms with E-state index in [1.165, 1.54) is 12.8 Å². The number of anilines is 1. The smallest absolute Gasteiger partial charge is 0.229 e. The van der Waals surface area contributed by atoms with Crippen LogP contribution in [0.15, 0.2) is 12.4 Å². The van der Waals surface area contributed by atoms with E-state index < -0.39 is 10.0 Å². The van der Waals surface area contributed by atoms with E-state index in [-0.39, 0.29) is 6.04 Å². The van der Waals surface area contributed by atoms with Crippen LogP contribution in [0.4, 0.5) is 5.69 Å². The molecule has 1 aliphatic heterocycles. The summed E-state index contributed by atoms with van der Waals surface area (Å²) >= 11 is 0. The lowest BCUT2D eigenvalue weighted by atomic mass is 10.2. The molecule has 2 aliphatic rings. The Bertz CT molecular complexity index is 611. The van der Waals surface area contributed by atoms with E-state index in [1.54, 1.807) is 19.5 Å². The lowest BCUT2D eigenvalue weighted by molar-refractivity contribution is 0.113. The summed E-state index contributed by atoms with van der Waals surface area (Å²) in [6, 6.07) is 0.695. The quantitative estimate of drug-likeness (QED) is 0.806. The number of sulfonamides is 1. The fourth-order valence-corrected chi connectivity index (χ4v) is 3.71. The molecule has 2 atom stereocenters. The molecule has 3 rings (SSSR count). The average Bonchev–Trinajstić information content (AvgIpc) is 2.97. The molecule has 1 saturated carbocycles. The third-order valence-corrected chi connectivity index (χ3v) is 4.94. The average molecular weight is 328 g/mol. The summed E-state index contributed by atoms with van der Waals surface area (Å²) in [5.74, 6) is 0.846. The maximum atomic E-state index is 11.3. The third kappa shape index (κ3) is 3.99. The van der Waals surface area contributed by atoms with Crippen molar-refractivity contribution in [2.45, 2.75) is 31.3 Å². The van der Waals surface area contributed by atoms with Gasteiger partial charge in [-0.15, -0.1) is 0 Å². The largest absolute Gasteiger partial charge is 0.383 e. The second-order valence-electron chi connectivity index (χ2n) is 6.48. The van der Waals surface area contributed by atoms with E-state index >= 15 is 0 Å². The first kappa shape index (κ1) is 15.8. The highest BCUT2D eigenvalue weighted by atomic mass is 32.2. The van der Waals surface area contributed by atoms with Gasteiger partial charge < -0.3 is 4.74 Å². The Hall–Kier alpha value is -1.12. The number of nitrogens with one attached hydrogen (secondary N) is 1. The topological polar surface area (TPSA) is 76.5 Å². The predicted molar refractivity (Wildman–Crippen MR) is 84.3 cm³/mol. The second kappa shape index (κ2) is 6.17. The van der Waals surface area contributed by atoms with Gasteiger partial charge in [-0.3, -0.25) is 14.3 Å². The number of hydrogen-bond donors (Lipinski definition) is 1. The van der Waals surface area contributed by atoms with Gasteiger partial charge in [-0.05, 0) is 25.2 Å². The van der Waals surface area contributed by atoms with Crippen LogP contribution in [0, 0.1) is 5.92 Å². The lowest BCUT2D eigenvalue weighted by Crippen LogP contribution is -2.34. The molecule has 7 nitrogen and oxygen atoms in total.